The van der Waals surface area contributed by atoms with Crippen molar-refractivity contribution >= 4 is 39.5 Å². The van der Waals surface area contributed by atoms with Gasteiger partial charge in [0.1, 0.15) is 5.76 Å². The van der Waals surface area contributed by atoms with E-state index in [0.29, 0.717) is 21.5 Å². The van der Waals surface area contributed by atoms with Crippen LogP contribution in [0.5, 0.6) is 11.5 Å². The number of halogens is 1. The molecule has 0 radical (unpaired) electrons. The minimum absolute atomic E-state index is 0.181. The minimum Gasteiger partial charge on any atom is -0.493 e. The average molecular weight is 395 g/mol. The summed E-state index contributed by atoms with van der Waals surface area (Å²) in [5, 5.41) is 0. The molecular formula is C17H15BrO6. The number of cyclic esters (lactones) is 1. The van der Waals surface area contributed by atoms with Gasteiger partial charge in [0, 0.05) is 10.5 Å². The number of ketones is 2. The van der Waals surface area contributed by atoms with Crippen LogP contribution in [0.15, 0.2) is 34.5 Å². The van der Waals surface area contributed by atoms with Gasteiger partial charge >= 0.3 is 5.97 Å². The minimum atomic E-state index is -1.45. The molecule has 0 amide bonds. The van der Waals surface area contributed by atoms with E-state index in [1.807, 2.05) is 0 Å². The molecule has 1 unspecified atom stereocenters. The normalized spacial score (nSPS) is 17.5. The summed E-state index contributed by atoms with van der Waals surface area (Å²) < 4.78 is 15.9. The van der Waals surface area contributed by atoms with Crippen molar-refractivity contribution in [3.05, 3.63) is 40.1 Å². The molecule has 0 aliphatic carbocycles. The summed E-state index contributed by atoms with van der Waals surface area (Å²) >= 11 is 3.36. The predicted molar refractivity (Wildman–Crippen MR) is 89.6 cm³/mol. The van der Waals surface area contributed by atoms with Crippen LogP contribution < -0.4 is 9.47 Å². The molecule has 0 N–H and O–H groups in total. The second-order valence-corrected chi connectivity index (χ2v) is 5.83. The van der Waals surface area contributed by atoms with Crippen molar-refractivity contribution in [2.45, 2.75) is 6.92 Å². The maximum Gasteiger partial charge on any atom is 0.329 e. The van der Waals surface area contributed by atoms with Crippen LogP contribution in [0.1, 0.15) is 12.5 Å². The third-order valence-corrected chi connectivity index (χ3v) is 4.03. The number of ether oxygens (including phenoxy) is 3. The zero-order chi connectivity index (χ0) is 17.9. The first-order valence-electron chi connectivity index (χ1n) is 6.94. The van der Waals surface area contributed by atoms with Crippen molar-refractivity contribution < 1.29 is 28.6 Å². The van der Waals surface area contributed by atoms with Gasteiger partial charge in [-0.05, 0) is 30.7 Å². The fourth-order valence-corrected chi connectivity index (χ4v) is 2.62. The molecule has 0 saturated carbocycles. The van der Waals surface area contributed by atoms with Gasteiger partial charge in [0.2, 0.25) is 0 Å². The lowest BCUT2D eigenvalue weighted by atomic mass is 9.96. The van der Waals surface area contributed by atoms with Gasteiger partial charge in [-0.3, -0.25) is 14.4 Å². The molecule has 0 saturated heterocycles. The largest absolute Gasteiger partial charge is 0.493 e. The fourth-order valence-electron chi connectivity index (χ4n) is 2.17. The van der Waals surface area contributed by atoms with Crippen LogP contribution in [0.4, 0.5) is 0 Å². The van der Waals surface area contributed by atoms with Gasteiger partial charge in [-0.25, -0.2) is 0 Å². The van der Waals surface area contributed by atoms with E-state index in [1.165, 1.54) is 33.3 Å². The lowest BCUT2D eigenvalue weighted by molar-refractivity contribution is -0.151. The van der Waals surface area contributed by atoms with E-state index >= 15 is 0 Å². The topological polar surface area (TPSA) is 78.9 Å². The summed E-state index contributed by atoms with van der Waals surface area (Å²) in [6.07, 6.45) is 3.80. The molecule has 0 bridgehead atoms. The van der Waals surface area contributed by atoms with Crippen molar-refractivity contribution in [3.8, 4) is 11.5 Å². The van der Waals surface area contributed by atoms with Crippen molar-refractivity contribution in [2.24, 2.45) is 5.92 Å². The molecule has 1 aliphatic heterocycles. The Labute approximate surface area is 147 Å². The molecule has 1 atom stereocenters. The number of carbonyl (C=O) groups is 3. The van der Waals surface area contributed by atoms with Crippen LogP contribution in [0.2, 0.25) is 0 Å². The van der Waals surface area contributed by atoms with Crippen LogP contribution in [-0.2, 0) is 19.1 Å². The molecule has 2 rings (SSSR count). The second-order valence-electron chi connectivity index (χ2n) is 4.98. The van der Waals surface area contributed by atoms with Crippen molar-refractivity contribution in [2.75, 3.05) is 14.2 Å². The Morgan fingerprint density at radius 2 is 1.83 bits per heavy atom. The molecule has 1 aromatic carbocycles. The van der Waals surface area contributed by atoms with Crippen LogP contribution in [0, 0.1) is 5.92 Å². The molecule has 24 heavy (non-hydrogen) atoms. The second kappa shape index (κ2) is 7.44. The Balaban J connectivity index is 2.26. The Morgan fingerprint density at radius 1 is 1.21 bits per heavy atom. The van der Waals surface area contributed by atoms with Crippen LogP contribution in [0.25, 0.3) is 6.08 Å². The molecular weight excluding hydrogens is 380 g/mol. The first-order valence-corrected chi connectivity index (χ1v) is 7.74. The summed E-state index contributed by atoms with van der Waals surface area (Å²) in [5.41, 5.74) is 0.629. The molecule has 1 aromatic rings. The molecule has 6 nitrogen and oxygen atoms in total. The summed E-state index contributed by atoms with van der Waals surface area (Å²) in [6, 6.07) is 3.35. The highest BCUT2D eigenvalue weighted by Gasteiger charge is 2.36. The van der Waals surface area contributed by atoms with E-state index < -0.39 is 23.5 Å². The third kappa shape index (κ3) is 3.73. The van der Waals surface area contributed by atoms with Crippen LogP contribution in [0.3, 0.4) is 0 Å². The van der Waals surface area contributed by atoms with Crippen molar-refractivity contribution in [1.29, 1.82) is 0 Å². The van der Waals surface area contributed by atoms with E-state index in [-0.39, 0.29) is 5.76 Å². The number of hydrogen-bond acceptors (Lipinski definition) is 6. The first-order chi connectivity index (χ1) is 11.4. The zero-order valence-electron chi connectivity index (χ0n) is 13.3. The van der Waals surface area contributed by atoms with E-state index in [2.05, 4.69) is 15.9 Å². The van der Waals surface area contributed by atoms with Crippen molar-refractivity contribution in [3.63, 3.8) is 0 Å². The number of benzene rings is 1. The van der Waals surface area contributed by atoms with E-state index in [1.54, 1.807) is 12.1 Å². The Morgan fingerprint density at radius 3 is 2.42 bits per heavy atom. The summed E-state index contributed by atoms with van der Waals surface area (Å²) in [6.45, 7) is 1.48. The Hall–Kier alpha value is -2.41. The number of hydrogen-bond donors (Lipinski definition) is 0. The van der Waals surface area contributed by atoms with Crippen molar-refractivity contribution in [1.82, 2.24) is 0 Å². The molecule has 1 aliphatic rings. The van der Waals surface area contributed by atoms with E-state index in [9.17, 15) is 14.4 Å². The number of methoxy groups -OCH3 is 2. The van der Waals surface area contributed by atoms with Gasteiger partial charge in [0.05, 0.1) is 14.2 Å². The van der Waals surface area contributed by atoms with Crippen LogP contribution >= 0.6 is 15.9 Å². The summed E-state index contributed by atoms with van der Waals surface area (Å²) in [7, 11) is 3.01. The smallest absolute Gasteiger partial charge is 0.329 e. The third-order valence-electron chi connectivity index (χ3n) is 3.34. The predicted octanol–water partition coefficient (Wildman–Crippen LogP) is 2.69. The standard InChI is InChI=1S/C17H15BrO6/c1-9-6-13(20)16(17(21)24-9)12(19)5-4-10-7-14(22-2)15(23-3)8-11(10)18/h4-8,16H,1-3H3. The Kier molecular flexibility index (Phi) is 5.56. The highest BCUT2D eigenvalue weighted by atomic mass is 79.9. The highest BCUT2D eigenvalue weighted by molar-refractivity contribution is 9.10. The molecule has 7 heteroatoms. The molecule has 1 heterocycles. The monoisotopic (exact) mass is 394 g/mol. The first kappa shape index (κ1) is 17.9. The fraction of sp³-hybridized carbons (Fsp3) is 0.235. The number of esters is 1. The lowest BCUT2D eigenvalue weighted by Gasteiger charge is -2.15. The van der Waals surface area contributed by atoms with Gasteiger partial charge < -0.3 is 14.2 Å². The molecule has 0 spiro atoms. The molecule has 126 valence electrons. The quantitative estimate of drug-likeness (QED) is 0.434. The number of carbonyl (C=O) groups excluding carboxylic acids is 3. The van der Waals surface area contributed by atoms with E-state index in [4.69, 9.17) is 14.2 Å². The number of allylic oxidation sites excluding steroid dienone is 3. The SMILES string of the molecule is COc1cc(Br)c(C=CC(=O)C2C(=O)C=C(C)OC2=O)cc1OC. The summed E-state index contributed by atoms with van der Waals surface area (Å²) in [5.74, 6) is -2.34. The maximum atomic E-state index is 12.2. The molecule has 0 aromatic heterocycles. The van der Waals surface area contributed by atoms with Gasteiger partial charge in [-0.15, -0.1) is 0 Å². The van der Waals surface area contributed by atoms with Gasteiger partial charge in [0.25, 0.3) is 0 Å². The summed E-state index contributed by atoms with van der Waals surface area (Å²) in [4.78, 5) is 35.8. The zero-order valence-corrected chi connectivity index (χ0v) is 14.9. The maximum absolute atomic E-state index is 12.2. The van der Waals surface area contributed by atoms with Gasteiger partial charge in [-0.2, -0.15) is 0 Å². The van der Waals surface area contributed by atoms with Gasteiger partial charge in [-0.1, -0.05) is 22.0 Å². The highest BCUT2D eigenvalue weighted by Crippen LogP contribution is 2.34. The molecule has 0 fully saturated rings. The lowest BCUT2D eigenvalue weighted by Crippen LogP contribution is -2.34. The van der Waals surface area contributed by atoms with Crippen LogP contribution in [-0.4, -0.2) is 31.8 Å². The van der Waals surface area contributed by atoms with E-state index in [0.717, 1.165) is 6.08 Å². The average Bonchev–Trinajstić information content (AvgIpc) is 2.52. The Bertz CT molecular complexity index is 763. The number of rotatable bonds is 5. The van der Waals surface area contributed by atoms with Gasteiger partial charge in [0.15, 0.2) is 29.0 Å².